The van der Waals surface area contributed by atoms with E-state index in [4.69, 9.17) is 4.98 Å². The van der Waals surface area contributed by atoms with Crippen molar-refractivity contribution in [3.05, 3.63) is 77.7 Å². The lowest BCUT2D eigenvalue weighted by atomic mass is 9.89. The van der Waals surface area contributed by atoms with Crippen molar-refractivity contribution in [3.8, 4) is 11.3 Å². The van der Waals surface area contributed by atoms with Crippen molar-refractivity contribution in [3.63, 3.8) is 0 Å². The summed E-state index contributed by atoms with van der Waals surface area (Å²) in [6, 6.07) is 15.3. The summed E-state index contributed by atoms with van der Waals surface area (Å²) < 4.78 is 2.04. The number of fused-ring (bicyclic) bond motifs is 2. The molecule has 0 radical (unpaired) electrons. The highest BCUT2D eigenvalue weighted by atomic mass is 16.1. The predicted octanol–water partition coefficient (Wildman–Crippen LogP) is 4.97. The van der Waals surface area contributed by atoms with Gasteiger partial charge in [-0.2, -0.15) is 0 Å². The first kappa shape index (κ1) is 21.8. The van der Waals surface area contributed by atoms with Gasteiger partial charge in [0.2, 0.25) is 0 Å². The molecule has 2 aromatic heterocycles. The Bertz CT molecular complexity index is 1380. The van der Waals surface area contributed by atoms with Gasteiger partial charge in [-0.3, -0.25) is 9.20 Å². The summed E-state index contributed by atoms with van der Waals surface area (Å²) in [6.45, 7) is 7.48. The predicted molar refractivity (Wildman–Crippen MR) is 138 cm³/mol. The Kier molecular flexibility index (Phi) is 5.49. The van der Waals surface area contributed by atoms with Crippen LogP contribution in [0, 0.1) is 0 Å². The molecule has 0 bridgehead atoms. The van der Waals surface area contributed by atoms with Gasteiger partial charge in [0.05, 0.1) is 11.9 Å². The average Bonchev–Trinajstić information content (AvgIpc) is 3.52. The Hall–Kier alpha value is -3.71. The molecule has 0 saturated carbocycles. The van der Waals surface area contributed by atoms with E-state index in [1.807, 2.05) is 28.9 Å². The van der Waals surface area contributed by atoms with Crippen LogP contribution in [0.2, 0.25) is 0 Å². The van der Waals surface area contributed by atoms with E-state index in [-0.39, 0.29) is 5.91 Å². The number of nitrogens with zero attached hydrogens (tertiary/aromatic N) is 4. The highest BCUT2D eigenvalue weighted by Crippen LogP contribution is 2.31. The zero-order chi connectivity index (χ0) is 23.9. The topological polar surface area (TPSA) is 74.6 Å². The van der Waals surface area contributed by atoms with E-state index >= 15 is 0 Å². The Morgan fingerprint density at radius 2 is 1.86 bits per heavy atom. The molecule has 1 saturated heterocycles. The molecule has 2 aliphatic rings. The maximum atomic E-state index is 11.9. The summed E-state index contributed by atoms with van der Waals surface area (Å²) in [6.07, 6.45) is 8.03. The van der Waals surface area contributed by atoms with Crippen LogP contribution in [-0.2, 0) is 6.54 Å². The minimum absolute atomic E-state index is 0.0102. The maximum absolute atomic E-state index is 11.9. The molecule has 2 aromatic carbocycles. The van der Waals surface area contributed by atoms with Gasteiger partial charge in [0.25, 0.3) is 5.91 Å². The first-order chi connectivity index (χ1) is 17.1. The highest BCUT2D eigenvalue weighted by molar-refractivity contribution is 5.98. The van der Waals surface area contributed by atoms with Crippen LogP contribution in [0.1, 0.15) is 54.1 Å². The molecular formula is C28H30N6O. The molecule has 0 aliphatic carbocycles. The van der Waals surface area contributed by atoms with Crippen LogP contribution in [0.3, 0.4) is 0 Å². The maximum Gasteiger partial charge on any atom is 0.251 e. The average molecular weight is 467 g/mol. The Morgan fingerprint density at radius 3 is 2.63 bits per heavy atom. The van der Waals surface area contributed by atoms with E-state index in [0.717, 1.165) is 39.5 Å². The minimum Gasteiger partial charge on any atom is -0.348 e. The molecule has 178 valence electrons. The molecule has 7 heteroatoms. The Balaban J connectivity index is 1.22. The third-order valence-electron chi connectivity index (χ3n) is 7.42. The number of nitrogens with one attached hydrogen (secondary N) is 2. The molecule has 0 spiro atoms. The number of carbonyl (C=O) groups excluding carboxylic acids is 1. The number of amides is 1. The lowest BCUT2D eigenvalue weighted by Gasteiger charge is -2.34. The van der Waals surface area contributed by atoms with Crippen molar-refractivity contribution in [2.75, 3.05) is 18.4 Å². The van der Waals surface area contributed by atoms with Crippen LogP contribution in [0.4, 0.5) is 11.5 Å². The van der Waals surface area contributed by atoms with Crippen molar-refractivity contribution in [1.29, 1.82) is 0 Å². The number of piperidine rings is 1. The number of aromatic nitrogens is 3. The van der Waals surface area contributed by atoms with E-state index in [2.05, 4.69) is 64.7 Å². The molecule has 2 aliphatic heterocycles. The summed E-state index contributed by atoms with van der Waals surface area (Å²) in [4.78, 5) is 23.7. The summed E-state index contributed by atoms with van der Waals surface area (Å²) in [5.74, 6) is 1.34. The van der Waals surface area contributed by atoms with E-state index in [1.54, 1.807) is 6.20 Å². The van der Waals surface area contributed by atoms with Gasteiger partial charge in [-0.05, 0) is 81.1 Å². The van der Waals surface area contributed by atoms with E-state index in [0.29, 0.717) is 18.5 Å². The smallest absolute Gasteiger partial charge is 0.251 e. The lowest BCUT2D eigenvalue weighted by molar-refractivity contribution is 0.0965. The van der Waals surface area contributed by atoms with Crippen molar-refractivity contribution in [1.82, 2.24) is 24.6 Å². The fourth-order valence-electron chi connectivity index (χ4n) is 5.34. The van der Waals surface area contributed by atoms with Gasteiger partial charge in [-0.25, -0.2) is 9.97 Å². The number of hydrogen-bond acceptors (Lipinski definition) is 5. The second-order valence-electron chi connectivity index (χ2n) is 9.82. The Labute approximate surface area is 205 Å². The third-order valence-corrected chi connectivity index (χ3v) is 7.42. The molecule has 2 N–H and O–H groups in total. The van der Waals surface area contributed by atoms with Crippen molar-refractivity contribution < 1.29 is 4.79 Å². The first-order valence-corrected chi connectivity index (χ1v) is 12.4. The molecule has 35 heavy (non-hydrogen) atoms. The molecule has 1 fully saturated rings. The van der Waals surface area contributed by atoms with Gasteiger partial charge in [-0.15, -0.1) is 0 Å². The fraction of sp³-hybridized carbons (Fsp3) is 0.321. The second kappa shape index (κ2) is 8.82. The zero-order valence-corrected chi connectivity index (χ0v) is 20.2. The molecule has 0 atom stereocenters. The molecule has 1 amide bonds. The monoisotopic (exact) mass is 466 g/mol. The number of likely N-dealkylation sites (tertiary alicyclic amines) is 1. The van der Waals surface area contributed by atoms with Crippen molar-refractivity contribution in [2.24, 2.45) is 0 Å². The minimum atomic E-state index is -0.0102. The van der Waals surface area contributed by atoms with E-state index in [1.165, 1.54) is 31.5 Å². The van der Waals surface area contributed by atoms with Gasteiger partial charge in [0, 0.05) is 41.8 Å². The summed E-state index contributed by atoms with van der Waals surface area (Å²) in [7, 11) is 0. The van der Waals surface area contributed by atoms with Gasteiger partial charge in [-0.1, -0.05) is 18.2 Å². The highest BCUT2D eigenvalue weighted by Gasteiger charge is 2.22. The SMILES string of the molecule is CC(C)N1CCC(c2ccc(Nc3ncc(-c4ccc5c(c4)CNC5=O)n4ccnc34)cc2)CC1. The van der Waals surface area contributed by atoms with Crippen molar-refractivity contribution >= 4 is 23.1 Å². The summed E-state index contributed by atoms with van der Waals surface area (Å²) in [5.41, 5.74) is 6.89. The van der Waals surface area contributed by atoms with Gasteiger partial charge >= 0.3 is 0 Å². The molecule has 4 aromatic rings. The van der Waals surface area contributed by atoms with Crippen LogP contribution in [0.5, 0.6) is 0 Å². The first-order valence-electron chi connectivity index (χ1n) is 12.4. The van der Waals surface area contributed by atoms with Crippen LogP contribution >= 0.6 is 0 Å². The Morgan fingerprint density at radius 1 is 1.06 bits per heavy atom. The quantitative estimate of drug-likeness (QED) is 0.434. The number of anilines is 2. The number of benzene rings is 2. The van der Waals surface area contributed by atoms with E-state index in [9.17, 15) is 4.79 Å². The van der Waals surface area contributed by atoms with Gasteiger partial charge < -0.3 is 15.5 Å². The largest absolute Gasteiger partial charge is 0.348 e. The second-order valence-corrected chi connectivity index (χ2v) is 9.82. The van der Waals surface area contributed by atoms with Gasteiger partial charge in [0.1, 0.15) is 0 Å². The molecule has 0 unspecified atom stereocenters. The molecule has 4 heterocycles. The van der Waals surface area contributed by atoms with Crippen molar-refractivity contribution in [2.45, 2.75) is 45.2 Å². The van der Waals surface area contributed by atoms with Crippen LogP contribution in [0.15, 0.2) is 61.1 Å². The molecular weight excluding hydrogens is 436 g/mol. The van der Waals surface area contributed by atoms with Crippen LogP contribution in [0.25, 0.3) is 16.9 Å². The molecule has 6 rings (SSSR count). The van der Waals surface area contributed by atoms with E-state index < -0.39 is 0 Å². The van der Waals surface area contributed by atoms with Crippen LogP contribution < -0.4 is 10.6 Å². The summed E-state index contributed by atoms with van der Waals surface area (Å²) >= 11 is 0. The third kappa shape index (κ3) is 4.06. The number of hydrogen-bond donors (Lipinski definition) is 2. The lowest BCUT2D eigenvalue weighted by Crippen LogP contribution is -2.37. The fourth-order valence-corrected chi connectivity index (χ4v) is 5.34. The zero-order valence-electron chi connectivity index (χ0n) is 20.2. The van der Waals surface area contributed by atoms with Crippen LogP contribution in [-0.4, -0.2) is 44.3 Å². The number of carbonyl (C=O) groups is 1. The standard InChI is InChI=1S/C28H30N6O/c1-18(2)33-12-9-20(10-13-33)19-3-6-23(7-4-19)32-26-27-29-11-14-34(27)25(17-30-26)21-5-8-24-22(15-21)16-31-28(24)35/h3-8,11,14-15,17-18,20H,9-10,12-13,16H2,1-2H3,(H,30,32)(H,31,35). The van der Waals surface area contributed by atoms with Gasteiger partial charge in [0.15, 0.2) is 11.5 Å². The number of rotatable bonds is 5. The normalized spacial score (nSPS) is 16.6. The molecule has 7 nitrogen and oxygen atoms in total. The summed E-state index contributed by atoms with van der Waals surface area (Å²) in [5, 5.41) is 6.33. The number of imidazole rings is 1.